The Labute approximate surface area is 243 Å². The van der Waals surface area contributed by atoms with E-state index in [4.69, 9.17) is 42.1 Å². The number of nitrogens with zero attached hydrogens (tertiary/aromatic N) is 3. The highest BCUT2D eigenvalue weighted by Gasteiger charge is 2.22. The van der Waals surface area contributed by atoms with Gasteiger partial charge in [-0.3, -0.25) is 9.97 Å². The number of alkyl carbamates (subject to hydrolysis) is 2. The minimum absolute atomic E-state index is 0.0469. The Kier molecular flexibility index (Phi) is 11.4. The summed E-state index contributed by atoms with van der Waals surface area (Å²) in [5, 5.41) is 15.6. The van der Waals surface area contributed by atoms with Crippen LogP contribution in [0, 0.1) is 11.3 Å². The maximum absolute atomic E-state index is 12.3. The molecule has 0 aliphatic carbocycles. The number of carbonyl (C=O) groups excluding carboxylic acids is 2. The number of hydrogen-bond donors (Lipinski definition) is 2. The summed E-state index contributed by atoms with van der Waals surface area (Å²) < 4.78 is 22.1. The molecule has 0 aliphatic rings. The van der Waals surface area contributed by atoms with Crippen molar-refractivity contribution in [1.29, 1.82) is 5.26 Å². The van der Waals surface area contributed by atoms with Crippen LogP contribution >= 0.6 is 23.2 Å². The molecule has 40 heavy (non-hydrogen) atoms. The summed E-state index contributed by atoms with van der Waals surface area (Å²) in [6.45, 7) is 10.3. The lowest BCUT2D eigenvalue weighted by Crippen LogP contribution is -2.45. The van der Waals surface area contributed by atoms with Crippen molar-refractivity contribution in [3.05, 3.63) is 46.0 Å². The van der Waals surface area contributed by atoms with Gasteiger partial charge in [-0.05, 0) is 47.6 Å². The summed E-state index contributed by atoms with van der Waals surface area (Å²) in [4.78, 5) is 32.7. The van der Waals surface area contributed by atoms with Gasteiger partial charge in [0.15, 0.2) is 11.5 Å². The predicted molar refractivity (Wildman–Crippen MR) is 151 cm³/mol. The fourth-order valence-electron chi connectivity index (χ4n) is 3.04. The number of aromatic nitrogens is 2. The van der Waals surface area contributed by atoms with Crippen LogP contribution in [0.15, 0.2) is 24.7 Å². The molecule has 2 aromatic heterocycles. The topological polar surface area (TPSA) is 145 Å². The van der Waals surface area contributed by atoms with Gasteiger partial charge in [-0.15, -0.1) is 0 Å². The van der Waals surface area contributed by atoms with Gasteiger partial charge in [0, 0.05) is 24.0 Å². The molecular formula is C27H33Cl2N5O6. The minimum atomic E-state index is -0.803. The number of amides is 2. The van der Waals surface area contributed by atoms with Crippen LogP contribution in [-0.4, -0.2) is 59.7 Å². The largest absolute Gasteiger partial charge is 0.491 e. The number of hydrogen-bond acceptors (Lipinski definition) is 9. The van der Waals surface area contributed by atoms with E-state index in [2.05, 4.69) is 26.7 Å². The number of allylic oxidation sites excluding steroid dienone is 1. The van der Waals surface area contributed by atoms with Crippen LogP contribution in [0.3, 0.4) is 0 Å². The van der Waals surface area contributed by atoms with E-state index in [9.17, 15) is 14.9 Å². The lowest BCUT2D eigenvalue weighted by atomic mass is 10.1. The van der Waals surface area contributed by atoms with Gasteiger partial charge in [0.1, 0.15) is 23.4 Å². The molecule has 0 spiro atoms. The van der Waals surface area contributed by atoms with Crippen LogP contribution < -0.4 is 20.1 Å². The van der Waals surface area contributed by atoms with Crippen LogP contribution in [0.5, 0.6) is 11.5 Å². The van der Waals surface area contributed by atoms with Crippen molar-refractivity contribution in [2.24, 2.45) is 0 Å². The molecule has 0 radical (unpaired) electrons. The van der Waals surface area contributed by atoms with Gasteiger partial charge in [0.05, 0.1) is 47.7 Å². The Morgan fingerprint density at radius 1 is 0.975 bits per heavy atom. The zero-order valence-corrected chi connectivity index (χ0v) is 24.9. The summed E-state index contributed by atoms with van der Waals surface area (Å²) in [6.07, 6.45) is 3.54. The van der Waals surface area contributed by atoms with Crippen molar-refractivity contribution < 1.29 is 28.5 Å². The van der Waals surface area contributed by atoms with Crippen molar-refractivity contribution in [3.8, 4) is 17.6 Å². The van der Waals surface area contributed by atoms with Crippen LogP contribution in [0.2, 0.25) is 10.0 Å². The van der Waals surface area contributed by atoms with E-state index in [0.29, 0.717) is 5.56 Å². The maximum atomic E-state index is 12.3. The number of nitriles is 1. The lowest BCUT2D eigenvalue weighted by Gasteiger charge is -2.25. The third kappa shape index (κ3) is 10.8. The van der Waals surface area contributed by atoms with Crippen molar-refractivity contribution >= 4 is 47.0 Å². The monoisotopic (exact) mass is 593 g/mol. The van der Waals surface area contributed by atoms with Gasteiger partial charge < -0.3 is 29.6 Å². The molecule has 2 heterocycles. The number of nitrogens with one attached hydrogen (secondary N) is 2. The molecule has 0 saturated heterocycles. The van der Waals surface area contributed by atoms with Gasteiger partial charge in [-0.25, -0.2) is 9.59 Å². The summed E-state index contributed by atoms with van der Waals surface area (Å²) >= 11 is 12.4. The molecule has 0 aromatic carbocycles. The summed E-state index contributed by atoms with van der Waals surface area (Å²) in [5.74, 6) is 0.447. The molecule has 2 N–H and O–H groups in total. The van der Waals surface area contributed by atoms with E-state index in [1.165, 1.54) is 37.8 Å². The zero-order valence-electron chi connectivity index (χ0n) is 23.4. The molecule has 2 aromatic rings. The molecule has 0 aliphatic heterocycles. The molecule has 2 rings (SSSR count). The normalized spacial score (nSPS) is 11.9. The summed E-state index contributed by atoms with van der Waals surface area (Å²) in [5.41, 5.74) is -0.645. The molecule has 0 unspecified atom stereocenters. The number of carbonyl (C=O) groups is 2. The molecule has 0 bridgehead atoms. The minimum Gasteiger partial charge on any atom is -0.491 e. The highest BCUT2D eigenvalue weighted by atomic mass is 35.5. The SMILES string of the molecule is COc1cnc(/C(C#N)=C/c2c(Cl)cncc2Cl)cc1OC(CNC(=O)OC(C)(C)C)CNC(=O)OC(C)(C)C. The van der Waals surface area contributed by atoms with E-state index in [1.807, 2.05) is 0 Å². The molecule has 13 heteroatoms. The first-order valence-corrected chi connectivity index (χ1v) is 12.9. The highest BCUT2D eigenvalue weighted by Crippen LogP contribution is 2.32. The van der Waals surface area contributed by atoms with Gasteiger partial charge in [-0.2, -0.15) is 5.26 Å². The van der Waals surface area contributed by atoms with Crippen LogP contribution in [0.1, 0.15) is 52.8 Å². The first kappa shape index (κ1) is 32.5. The summed E-state index contributed by atoms with van der Waals surface area (Å²) in [6, 6.07) is 3.57. The number of rotatable bonds is 9. The molecular weight excluding hydrogens is 561 g/mol. The summed E-state index contributed by atoms with van der Waals surface area (Å²) in [7, 11) is 1.42. The quantitative estimate of drug-likeness (QED) is 0.352. The van der Waals surface area contributed by atoms with Crippen molar-refractivity contribution in [1.82, 2.24) is 20.6 Å². The standard InChI is InChI=1S/C27H33Cl2N5O6/c1-26(2,3)39-24(35)33-11-17(12-34-25(36)40-27(4,5)6)38-22-9-21(32-15-23(22)37-7)16(10-30)8-18-19(28)13-31-14-20(18)29/h8-9,13-15,17H,11-12H2,1-7H3,(H,33,35)(H,34,36)/b16-8+. The van der Waals surface area contributed by atoms with E-state index < -0.39 is 29.5 Å². The van der Waals surface area contributed by atoms with Crippen LogP contribution in [0.4, 0.5) is 9.59 Å². The van der Waals surface area contributed by atoms with Crippen molar-refractivity contribution in [2.45, 2.75) is 58.8 Å². The molecule has 216 valence electrons. The van der Waals surface area contributed by atoms with Crippen LogP contribution in [-0.2, 0) is 9.47 Å². The van der Waals surface area contributed by atoms with E-state index in [-0.39, 0.29) is 45.9 Å². The number of pyridine rings is 2. The Hall–Kier alpha value is -3.75. The van der Waals surface area contributed by atoms with Gasteiger partial charge >= 0.3 is 12.2 Å². The zero-order chi connectivity index (χ0) is 30.1. The molecule has 2 amide bonds. The average Bonchev–Trinajstić information content (AvgIpc) is 2.83. The second-order valence-electron chi connectivity index (χ2n) is 10.4. The second-order valence-corrected chi connectivity index (χ2v) is 11.2. The van der Waals surface area contributed by atoms with Crippen molar-refractivity contribution in [2.75, 3.05) is 20.2 Å². The maximum Gasteiger partial charge on any atom is 0.407 e. The fourth-order valence-corrected chi connectivity index (χ4v) is 3.52. The van der Waals surface area contributed by atoms with Gasteiger partial charge in [-0.1, -0.05) is 23.2 Å². The Balaban J connectivity index is 2.36. The molecule has 11 nitrogen and oxygen atoms in total. The van der Waals surface area contributed by atoms with Crippen LogP contribution in [0.25, 0.3) is 11.6 Å². The third-order valence-electron chi connectivity index (χ3n) is 4.67. The first-order valence-electron chi connectivity index (χ1n) is 12.2. The lowest BCUT2D eigenvalue weighted by molar-refractivity contribution is 0.0474. The Morgan fingerprint density at radius 3 is 1.95 bits per heavy atom. The van der Waals surface area contributed by atoms with Gasteiger partial charge in [0.2, 0.25) is 0 Å². The molecule has 0 saturated carbocycles. The smallest absolute Gasteiger partial charge is 0.407 e. The number of methoxy groups -OCH3 is 1. The molecule has 0 fully saturated rings. The van der Waals surface area contributed by atoms with Gasteiger partial charge in [0.25, 0.3) is 0 Å². The molecule has 0 atom stereocenters. The van der Waals surface area contributed by atoms with E-state index in [1.54, 1.807) is 41.5 Å². The second kappa shape index (κ2) is 14.1. The van der Waals surface area contributed by atoms with Crippen molar-refractivity contribution in [3.63, 3.8) is 0 Å². The van der Waals surface area contributed by atoms with E-state index >= 15 is 0 Å². The highest BCUT2D eigenvalue weighted by molar-refractivity contribution is 6.37. The predicted octanol–water partition coefficient (Wildman–Crippen LogP) is 5.65. The Bertz CT molecular complexity index is 1230. The number of ether oxygens (including phenoxy) is 4. The Morgan fingerprint density at radius 2 is 1.50 bits per heavy atom. The third-order valence-corrected chi connectivity index (χ3v) is 5.27. The fraction of sp³-hybridized carbons (Fsp3) is 0.444. The van der Waals surface area contributed by atoms with E-state index in [0.717, 1.165) is 0 Å². The first-order chi connectivity index (χ1) is 18.6. The number of halogens is 2. The average molecular weight is 594 g/mol.